The molecule has 0 aromatic carbocycles. The van der Waals surface area contributed by atoms with Gasteiger partial charge >= 0.3 is 0 Å². The van der Waals surface area contributed by atoms with E-state index in [4.69, 9.17) is 9.97 Å². The molecule has 0 atom stereocenters. The Morgan fingerprint density at radius 3 is 2.97 bits per heavy atom. The Balaban J connectivity index is 1.45. The molecule has 30 heavy (non-hydrogen) atoms. The van der Waals surface area contributed by atoms with Crippen molar-refractivity contribution < 1.29 is 4.79 Å². The van der Waals surface area contributed by atoms with Crippen LogP contribution in [0, 0.1) is 6.92 Å². The fourth-order valence-electron chi connectivity index (χ4n) is 4.03. The fraction of sp³-hybridized carbons (Fsp3) is 0.318. The van der Waals surface area contributed by atoms with Crippen LogP contribution in [0.4, 0.5) is 0 Å². The summed E-state index contributed by atoms with van der Waals surface area (Å²) in [6.45, 7) is 3.17. The third-order valence-electron chi connectivity index (χ3n) is 5.47. The highest BCUT2D eigenvalue weighted by atomic mass is 16.1. The smallest absolute Gasteiger partial charge is 0.253 e. The highest BCUT2D eigenvalue weighted by Gasteiger charge is 2.21. The molecule has 1 N–H and O–H groups in total. The maximum absolute atomic E-state index is 13.1. The Morgan fingerprint density at radius 1 is 1.17 bits per heavy atom. The van der Waals surface area contributed by atoms with Crippen molar-refractivity contribution in [1.82, 2.24) is 34.6 Å². The van der Waals surface area contributed by atoms with Crippen molar-refractivity contribution in [2.24, 2.45) is 0 Å². The predicted molar refractivity (Wildman–Crippen MR) is 112 cm³/mol. The van der Waals surface area contributed by atoms with E-state index < -0.39 is 0 Å². The van der Waals surface area contributed by atoms with Gasteiger partial charge in [0.15, 0.2) is 11.5 Å². The highest BCUT2D eigenvalue weighted by molar-refractivity contribution is 6.04. The lowest BCUT2D eigenvalue weighted by atomic mass is 10.1. The summed E-state index contributed by atoms with van der Waals surface area (Å²) in [5, 5.41) is 7.28. The summed E-state index contributed by atoms with van der Waals surface area (Å²) in [4.78, 5) is 27.0. The minimum atomic E-state index is -0.158. The largest absolute Gasteiger partial charge is 0.348 e. The predicted octanol–water partition coefficient (Wildman–Crippen LogP) is 2.98. The lowest BCUT2D eigenvalue weighted by Crippen LogP contribution is -2.24. The monoisotopic (exact) mass is 401 g/mol. The van der Waals surface area contributed by atoms with Crippen LogP contribution in [0.25, 0.3) is 17.0 Å². The Labute approximate surface area is 174 Å². The van der Waals surface area contributed by atoms with Crippen molar-refractivity contribution in [3.05, 3.63) is 65.5 Å². The molecule has 5 heterocycles. The molecular weight excluding hydrogens is 378 g/mol. The molecule has 4 aromatic rings. The molecule has 1 aliphatic rings. The molecule has 1 amide bonds. The Bertz CT molecular complexity index is 1210. The van der Waals surface area contributed by atoms with Gasteiger partial charge in [0.2, 0.25) is 0 Å². The number of imidazole rings is 1. The Hall–Kier alpha value is -3.55. The third-order valence-corrected chi connectivity index (χ3v) is 5.47. The van der Waals surface area contributed by atoms with E-state index in [1.807, 2.05) is 37.4 Å². The SMILES string of the molecule is Cc1cc(C(=O)NCc2cccnc2-n2cccn2)c2nc3n(c2n1)CCCCC3. The molecule has 152 valence electrons. The van der Waals surface area contributed by atoms with E-state index in [1.54, 1.807) is 17.1 Å². The van der Waals surface area contributed by atoms with E-state index in [0.29, 0.717) is 23.4 Å². The normalized spacial score (nSPS) is 13.8. The van der Waals surface area contributed by atoms with Gasteiger partial charge in [0.1, 0.15) is 11.3 Å². The minimum Gasteiger partial charge on any atom is -0.348 e. The third kappa shape index (κ3) is 3.34. The maximum atomic E-state index is 13.1. The van der Waals surface area contributed by atoms with Crippen molar-refractivity contribution in [1.29, 1.82) is 0 Å². The van der Waals surface area contributed by atoms with E-state index >= 15 is 0 Å². The lowest BCUT2D eigenvalue weighted by molar-refractivity contribution is 0.0952. The number of aryl methyl sites for hydroxylation is 3. The van der Waals surface area contributed by atoms with Crippen LogP contribution in [0.2, 0.25) is 0 Å². The molecule has 0 saturated heterocycles. The van der Waals surface area contributed by atoms with Crippen LogP contribution in [-0.4, -0.2) is 35.2 Å². The van der Waals surface area contributed by atoms with Crippen molar-refractivity contribution in [2.75, 3.05) is 0 Å². The van der Waals surface area contributed by atoms with Crippen LogP contribution in [0.15, 0.2) is 42.9 Å². The number of hydrogen-bond acceptors (Lipinski definition) is 5. The number of carbonyl (C=O) groups excluding carboxylic acids is 1. The van der Waals surface area contributed by atoms with Crippen LogP contribution < -0.4 is 5.32 Å². The van der Waals surface area contributed by atoms with Crippen LogP contribution in [0.3, 0.4) is 0 Å². The van der Waals surface area contributed by atoms with E-state index in [9.17, 15) is 4.79 Å². The van der Waals surface area contributed by atoms with Crippen molar-refractivity contribution in [2.45, 2.75) is 45.7 Å². The van der Waals surface area contributed by atoms with E-state index in [-0.39, 0.29) is 5.91 Å². The number of nitrogens with zero attached hydrogens (tertiary/aromatic N) is 6. The summed E-state index contributed by atoms with van der Waals surface area (Å²) in [7, 11) is 0. The van der Waals surface area contributed by atoms with Crippen LogP contribution in [0.1, 0.15) is 46.7 Å². The van der Waals surface area contributed by atoms with Gasteiger partial charge in [-0.3, -0.25) is 4.79 Å². The van der Waals surface area contributed by atoms with E-state index in [0.717, 1.165) is 48.5 Å². The van der Waals surface area contributed by atoms with Gasteiger partial charge in [-0.1, -0.05) is 12.5 Å². The second-order valence-corrected chi connectivity index (χ2v) is 7.59. The molecule has 0 spiro atoms. The van der Waals surface area contributed by atoms with Crippen LogP contribution >= 0.6 is 0 Å². The lowest BCUT2D eigenvalue weighted by Gasteiger charge is -2.10. The number of fused-ring (bicyclic) bond motifs is 3. The van der Waals surface area contributed by atoms with Crippen LogP contribution in [0.5, 0.6) is 0 Å². The summed E-state index contributed by atoms with van der Waals surface area (Å²) >= 11 is 0. The summed E-state index contributed by atoms with van der Waals surface area (Å²) in [5.74, 6) is 1.57. The van der Waals surface area contributed by atoms with Gasteiger partial charge in [0, 0.05) is 49.4 Å². The molecule has 0 saturated carbocycles. The fourth-order valence-corrected chi connectivity index (χ4v) is 4.03. The standard InChI is InChI=1S/C22H23N7O/c1-15-13-17(19-21(26-15)28-11-4-2-3-8-18(28)27-19)22(30)24-14-16-7-5-9-23-20(16)29-12-6-10-25-29/h5-7,9-10,12-13H,2-4,8,11,14H2,1H3,(H,24,30). The molecule has 0 bridgehead atoms. The van der Waals surface area contributed by atoms with Gasteiger partial charge in [0.05, 0.1) is 5.56 Å². The summed E-state index contributed by atoms with van der Waals surface area (Å²) < 4.78 is 3.88. The molecular formula is C22H23N7O. The van der Waals surface area contributed by atoms with Crippen molar-refractivity contribution in [3.8, 4) is 5.82 Å². The first-order valence-electron chi connectivity index (χ1n) is 10.3. The summed E-state index contributed by atoms with van der Waals surface area (Å²) in [6, 6.07) is 7.46. The molecule has 0 radical (unpaired) electrons. The maximum Gasteiger partial charge on any atom is 0.253 e. The molecule has 8 nitrogen and oxygen atoms in total. The number of amides is 1. The average molecular weight is 401 g/mol. The van der Waals surface area contributed by atoms with Gasteiger partial charge in [-0.2, -0.15) is 5.10 Å². The number of nitrogens with one attached hydrogen (secondary N) is 1. The summed E-state index contributed by atoms with van der Waals surface area (Å²) in [6.07, 6.45) is 9.63. The van der Waals surface area contributed by atoms with Gasteiger partial charge in [0.25, 0.3) is 5.91 Å². The summed E-state index contributed by atoms with van der Waals surface area (Å²) in [5.41, 5.74) is 3.78. The average Bonchev–Trinajstić information content (AvgIpc) is 3.34. The first-order valence-corrected chi connectivity index (χ1v) is 10.3. The topological polar surface area (TPSA) is 90.5 Å². The molecule has 4 aromatic heterocycles. The van der Waals surface area contributed by atoms with Gasteiger partial charge in [-0.25, -0.2) is 19.6 Å². The zero-order chi connectivity index (χ0) is 20.5. The zero-order valence-electron chi connectivity index (χ0n) is 16.9. The van der Waals surface area contributed by atoms with E-state index in [2.05, 4.69) is 20.0 Å². The Morgan fingerprint density at radius 2 is 2.10 bits per heavy atom. The van der Waals surface area contributed by atoms with Crippen LogP contribution in [-0.2, 0) is 19.5 Å². The number of hydrogen-bond donors (Lipinski definition) is 1. The second-order valence-electron chi connectivity index (χ2n) is 7.59. The number of carbonyl (C=O) groups is 1. The van der Waals surface area contributed by atoms with Gasteiger partial charge < -0.3 is 9.88 Å². The number of aromatic nitrogens is 6. The zero-order valence-corrected chi connectivity index (χ0v) is 16.9. The van der Waals surface area contributed by atoms with Gasteiger partial charge in [-0.05, 0) is 38.0 Å². The quantitative estimate of drug-likeness (QED) is 0.568. The van der Waals surface area contributed by atoms with Crippen molar-refractivity contribution in [3.63, 3.8) is 0 Å². The molecule has 0 unspecified atom stereocenters. The molecule has 8 heteroatoms. The molecule has 0 aliphatic carbocycles. The first-order chi connectivity index (χ1) is 14.7. The molecule has 0 fully saturated rings. The van der Waals surface area contributed by atoms with Crippen molar-refractivity contribution >= 4 is 17.1 Å². The molecule has 1 aliphatic heterocycles. The highest BCUT2D eigenvalue weighted by Crippen LogP contribution is 2.24. The minimum absolute atomic E-state index is 0.158. The molecule has 5 rings (SSSR count). The van der Waals surface area contributed by atoms with Gasteiger partial charge in [-0.15, -0.1) is 0 Å². The Kier molecular flexibility index (Phi) is 4.74. The number of pyridine rings is 2. The second kappa shape index (κ2) is 7.70. The first kappa shape index (κ1) is 18.5. The van der Waals surface area contributed by atoms with E-state index in [1.165, 1.54) is 6.42 Å². The number of rotatable bonds is 4.